The Morgan fingerprint density at radius 1 is 0.303 bits per heavy atom. The molecule has 0 spiro atoms. The van der Waals surface area contributed by atoms with Crippen LogP contribution in [-0.4, -0.2) is 96.7 Å². The lowest BCUT2D eigenvalue weighted by Gasteiger charge is -2.21. The van der Waals surface area contributed by atoms with E-state index in [4.69, 9.17) is 37.0 Å². The number of phosphoric ester groups is 2. The van der Waals surface area contributed by atoms with E-state index in [0.717, 1.165) is 96.3 Å². The molecule has 0 saturated carbocycles. The predicted octanol–water partition coefficient (Wildman–Crippen LogP) is 20.1. The van der Waals surface area contributed by atoms with Gasteiger partial charge in [-0.25, -0.2) is 9.13 Å². The zero-order valence-corrected chi connectivity index (χ0v) is 59.4. The van der Waals surface area contributed by atoms with Crippen LogP contribution in [0.25, 0.3) is 0 Å². The highest BCUT2D eigenvalue weighted by atomic mass is 31.2. The highest BCUT2D eigenvalue weighted by Gasteiger charge is 2.30. The molecule has 0 aliphatic carbocycles. The predicted molar refractivity (Wildman–Crippen MR) is 358 cm³/mol. The molecule has 3 N–H and O–H groups in total. The van der Waals surface area contributed by atoms with Crippen molar-refractivity contribution in [3.63, 3.8) is 0 Å². The summed E-state index contributed by atoms with van der Waals surface area (Å²) in [6.07, 6.45) is 50.0. The minimum Gasteiger partial charge on any atom is -0.462 e. The summed E-state index contributed by atoms with van der Waals surface area (Å²) in [5, 5.41) is 10.6. The number of esters is 4. The highest BCUT2D eigenvalue weighted by molar-refractivity contribution is 7.47. The van der Waals surface area contributed by atoms with Crippen LogP contribution in [0, 0.1) is 5.92 Å². The van der Waals surface area contributed by atoms with Crippen molar-refractivity contribution in [2.24, 2.45) is 5.92 Å². The van der Waals surface area contributed by atoms with E-state index in [1.165, 1.54) is 180 Å². The van der Waals surface area contributed by atoms with Crippen LogP contribution in [0.2, 0.25) is 0 Å². The standard InChI is InChI=1S/C70H136O17P2/c1-6-9-12-15-18-21-24-26-28-30-33-36-39-46-51-56-70(75)86-65(59-80-67(72)53-48-43-37-34-32-29-27-25-22-19-16-13-10-7-2)61-84-88(76,77)82-57-64(71)58-83-89(78,79)85-62-66(60-81-68(73)54-49-44-41-40-42-47-52-63(4)5)87-69(74)55-50-45-38-35-31-23-20-17-14-11-8-3/h63-66,71H,6-62H2,1-5H3,(H,76,77)(H,78,79)/t64-,65-,66-/m1/s1. The van der Waals surface area contributed by atoms with E-state index in [2.05, 4.69) is 34.6 Å². The average Bonchev–Trinajstić information content (AvgIpc) is 3.65. The van der Waals surface area contributed by atoms with Gasteiger partial charge in [-0.15, -0.1) is 0 Å². The number of phosphoric acid groups is 2. The molecule has 0 bridgehead atoms. The zero-order valence-electron chi connectivity index (χ0n) is 57.6. The first-order valence-electron chi connectivity index (χ1n) is 36.6. The fraction of sp³-hybridized carbons (Fsp3) is 0.943. The molecule has 0 fully saturated rings. The fourth-order valence-corrected chi connectivity index (χ4v) is 12.2. The van der Waals surface area contributed by atoms with Crippen LogP contribution < -0.4 is 0 Å². The molecule has 528 valence electrons. The van der Waals surface area contributed by atoms with Gasteiger partial charge in [0.2, 0.25) is 0 Å². The maximum absolute atomic E-state index is 13.0. The first-order valence-corrected chi connectivity index (χ1v) is 39.6. The summed E-state index contributed by atoms with van der Waals surface area (Å²) >= 11 is 0. The molecule has 17 nitrogen and oxygen atoms in total. The van der Waals surface area contributed by atoms with Gasteiger partial charge in [-0.1, -0.05) is 311 Å². The van der Waals surface area contributed by atoms with Crippen molar-refractivity contribution in [3.8, 4) is 0 Å². The number of hydrogen-bond donors (Lipinski definition) is 3. The van der Waals surface area contributed by atoms with Crippen molar-refractivity contribution in [1.29, 1.82) is 0 Å². The van der Waals surface area contributed by atoms with Crippen LogP contribution in [0.1, 0.15) is 362 Å². The molecule has 0 saturated heterocycles. The highest BCUT2D eigenvalue weighted by Crippen LogP contribution is 2.45. The summed E-state index contributed by atoms with van der Waals surface area (Å²) in [6.45, 7) is 7.17. The second-order valence-corrected chi connectivity index (χ2v) is 28.7. The van der Waals surface area contributed by atoms with Gasteiger partial charge >= 0.3 is 39.5 Å². The lowest BCUT2D eigenvalue weighted by Crippen LogP contribution is -2.30. The summed E-state index contributed by atoms with van der Waals surface area (Å²) in [5.74, 6) is -1.44. The smallest absolute Gasteiger partial charge is 0.462 e. The molecule has 0 aliphatic heterocycles. The third kappa shape index (κ3) is 64.6. The number of unbranched alkanes of at least 4 members (excludes halogenated alkanes) is 42. The molecule has 0 aromatic carbocycles. The van der Waals surface area contributed by atoms with E-state index in [1.807, 2.05) is 0 Å². The molecule has 89 heavy (non-hydrogen) atoms. The Morgan fingerprint density at radius 2 is 0.517 bits per heavy atom. The van der Waals surface area contributed by atoms with Crippen molar-refractivity contribution in [3.05, 3.63) is 0 Å². The van der Waals surface area contributed by atoms with Crippen LogP contribution in [0.15, 0.2) is 0 Å². The van der Waals surface area contributed by atoms with Crippen molar-refractivity contribution < 1.29 is 80.2 Å². The average molecular weight is 1310 g/mol. The molecule has 0 amide bonds. The Bertz CT molecular complexity index is 1720. The summed E-state index contributed by atoms with van der Waals surface area (Å²) < 4.78 is 68.3. The monoisotopic (exact) mass is 1310 g/mol. The SMILES string of the molecule is CCCCCCCCCCCCCCCCCC(=O)O[C@H](COC(=O)CCCCCCCCCCCCCCCC)COP(=O)(O)OC[C@@H](O)COP(=O)(O)OC[C@@H](COC(=O)CCCCCCCCC(C)C)OC(=O)CCCCCCCCCCCCC. The normalized spacial score (nSPS) is 14.1. The van der Waals surface area contributed by atoms with E-state index in [0.29, 0.717) is 31.6 Å². The summed E-state index contributed by atoms with van der Waals surface area (Å²) in [4.78, 5) is 72.5. The van der Waals surface area contributed by atoms with Crippen molar-refractivity contribution in [2.75, 3.05) is 39.6 Å². The first kappa shape index (κ1) is 87.1. The van der Waals surface area contributed by atoms with E-state index in [1.54, 1.807) is 0 Å². The van der Waals surface area contributed by atoms with Gasteiger partial charge in [0.05, 0.1) is 26.4 Å². The van der Waals surface area contributed by atoms with Gasteiger partial charge in [0.1, 0.15) is 19.3 Å². The molecular formula is C70H136O17P2. The lowest BCUT2D eigenvalue weighted by molar-refractivity contribution is -0.161. The number of ether oxygens (including phenoxy) is 4. The fourth-order valence-electron chi connectivity index (χ4n) is 10.6. The van der Waals surface area contributed by atoms with Gasteiger partial charge in [0, 0.05) is 25.7 Å². The molecule has 0 aromatic heterocycles. The third-order valence-corrected chi connectivity index (χ3v) is 18.2. The Labute approximate surface area is 543 Å². The summed E-state index contributed by atoms with van der Waals surface area (Å²) in [5.41, 5.74) is 0. The molecule has 0 heterocycles. The number of carbonyl (C=O) groups is 4. The number of hydrogen-bond acceptors (Lipinski definition) is 15. The van der Waals surface area contributed by atoms with E-state index in [9.17, 15) is 43.2 Å². The Hall–Kier alpha value is -1.94. The molecule has 0 aromatic rings. The summed E-state index contributed by atoms with van der Waals surface area (Å²) in [6, 6.07) is 0. The minimum atomic E-state index is -4.95. The van der Waals surface area contributed by atoms with Crippen molar-refractivity contribution in [1.82, 2.24) is 0 Å². The maximum atomic E-state index is 13.0. The van der Waals surface area contributed by atoms with E-state index in [-0.39, 0.29) is 25.7 Å². The van der Waals surface area contributed by atoms with Crippen molar-refractivity contribution >= 4 is 39.5 Å². The molecule has 0 radical (unpaired) electrons. The van der Waals surface area contributed by atoms with Gasteiger partial charge in [0.15, 0.2) is 12.2 Å². The quantitative estimate of drug-likeness (QED) is 0.0222. The van der Waals surface area contributed by atoms with E-state index >= 15 is 0 Å². The van der Waals surface area contributed by atoms with Crippen LogP contribution in [0.5, 0.6) is 0 Å². The summed E-state index contributed by atoms with van der Waals surface area (Å²) in [7, 11) is -9.90. The number of aliphatic hydroxyl groups excluding tert-OH is 1. The van der Waals surface area contributed by atoms with Gasteiger partial charge in [-0.2, -0.15) is 0 Å². The zero-order chi connectivity index (χ0) is 65.6. The van der Waals surface area contributed by atoms with Crippen LogP contribution >= 0.6 is 15.6 Å². The Balaban J connectivity index is 5.23. The van der Waals surface area contributed by atoms with Crippen LogP contribution in [-0.2, 0) is 65.4 Å². The number of aliphatic hydroxyl groups is 1. The molecule has 0 aliphatic rings. The van der Waals surface area contributed by atoms with Gasteiger partial charge in [0.25, 0.3) is 0 Å². The van der Waals surface area contributed by atoms with Gasteiger partial charge in [-0.3, -0.25) is 37.3 Å². The van der Waals surface area contributed by atoms with Gasteiger partial charge in [-0.05, 0) is 31.6 Å². The van der Waals surface area contributed by atoms with Crippen molar-refractivity contribution in [2.45, 2.75) is 380 Å². The second-order valence-electron chi connectivity index (χ2n) is 25.7. The second kappa shape index (κ2) is 63.5. The molecule has 5 atom stereocenters. The molecule has 19 heteroatoms. The Morgan fingerprint density at radius 3 is 0.764 bits per heavy atom. The molecular weight excluding hydrogens is 1170 g/mol. The first-order chi connectivity index (χ1) is 43.0. The topological polar surface area (TPSA) is 237 Å². The maximum Gasteiger partial charge on any atom is 0.472 e. The number of rotatable bonds is 70. The lowest BCUT2D eigenvalue weighted by atomic mass is 10.0. The molecule has 0 rings (SSSR count). The van der Waals surface area contributed by atoms with Crippen LogP contribution in [0.3, 0.4) is 0 Å². The Kier molecular flexibility index (Phi) is 62.1. The third-order valence-electron chi connectivity index (χ3n) is 16.3. The van der Waals surface area contributed by atoms with Gasteiger partial charge < -0.3 is 33.8 Å². The van der Waals surface area contributed by atoms with E-state index < -0.39 is 97.5 Å². The number of carbonyl (C=O) groups excluding carboxylic acids is 4. The largest absolute Gasteiger partial charge is 0.472 e. The minimum absolute atomic E-state index is 0.106. The molecule has 2 unspecified atom stereocenters. The van der Waals surface area contributed by atoms with Crippen LogP contribution in [0.4, 0.5) is 0 Å².